The number of rotatable bonds is 5. The molecular weight excluding hydrogens is 415 g/mol. The minimum atomic E-state index is -0.554. The average molecular weight is 432 g/mol. The standard InChI is InChI=1S/C22H17FN6O3/c1-12-7-13(28-22-20-15(24-10-26-22)4-6-17(31-2)21(20)30)3-5-16(12)32-18-8-19-25-11-27-29(19)9-14(18)23/h3-11,30H,1-2H3,(H,24,26,28). The molecular formula is C22H17FN6O3. The smallest absolute Gasteiger partial charge is 0.184 e. The number of fused-ring (bicyclic) bond motifs is 2. The van der Waals surface area contributed by atoms with E-state index in [1.54, 1.807) is 24.3 Å². The van der Waals surface area contributed by atoms with E-state index in [9.17, 15) is 9.50 Å². The maximum absolute atomic E-state index is 14.4. The molecule has 2 aromatic carbocycles. The maximum atomic E-state index is 14.4. The summed E-state index contributed by atoms with van der Waals surface area (Å²) in [6.07, 6.45) is 3.96. The van der Waals surface area contributed by atoms with Crippen molar-refractivity contribution in [2.45, 2.75) is 6.92 Å². The molecule has 0 aliphatic carbocycles. The lowest BCUT2D eigenvalue weighted by Crippen LogP contribution is -1.99. The number of aromatic nitrogens is 5. The van der Waals surface area contributed by atoms with E-state index in [0.29, 0.717) is 39.6 Å². The average Bonchev–Trinajstić information content (AvgIpc) is 3.23. The van der Waals surface area contributed by atoms with Crippen LogP contribution in [-0.4, -0.2) is 36.8 Å². The van der Waals surface area contributed by atoms with Gasteiger partial charge in [-0.3, -0.25) is 0 Å². The van der Waals surface area contributed by atoms with E-state index in [1.165, 1.54) is 36.5 Å². The van der Waals surface area contributed by atoms with Gasteiger partial charge in [0, 0.05) is 11.8 Å². The third-order valence-electron chi connectivity index (χ3n) is 4.95. The van der Waals surface area contributed by atoms with Gasteiger partial charge in [0.25, 0.3) is 0 Å². The first-order chi connectivity index (χ1) is 15.5. The highest BCUT2D eigenvalue weighted by molar-refractivity contribution is 5.97. The van der Waals surface area contributed by atoms with Gasteiger partial charge in [-0.1, -0.05) is 0 Å². The molecule has 3 aromatic heterocycles. The molecule has 0 radical (unpaired) electrons. The number of nitrogens with zero attached hydrogens (tertiary/aromatic N) is 5. The van der Waals surface area contributed by atoms with E-state index in [2.05, 4.69) is 25.4 Å². The summed E-state index contributed by atoms with van der Waals surface area (Å²) in [7, 11) is 1.48. The fourth-order valence-electron chi connectivity index (χ4n) is 3.37. The van der Waals surface area contributed by atoms with Gasteiger partial charge in [0.2, 0.25) is 0 Å². The van der Waals surface area contributed by atoms with Crippen molar-refractivity contribution in [2.24, 2.45) is 0 Å². The van der Waals surface area contributed by atoms with Crippen molar-refractivity contribution in [3.8, 4) is 23.0 Å². The van der Waals surface area contributed by atoms with Gasteiger partial charge in [0.15, 0.2) is 28.7 Å². The molecule has 0 bridgehead atoms. The summed E-state index contributed by atoms with van der Waals surface area (Å²) < 4.78 is 26.7. The summed E-state index contributed by atoms with van der Waals surface area (Å²) in [6, 6.07) is 10.2. The van der Waals surface area contributed by atoms with Gasteiger partial charge in [0.05, 0.1) is 24.2 Å². The van der Waals surface area contributed by atoms with Crippen molar-refractivity contribution in [1.82, 2.24) is 24.6 Å². The number of anilines is 2. The fraction of sp³-hybridized carbons (Fsp3) is 0.0909. The molecule has 9 nitrogen and oxygen atoms in total. The van der Waals surface area contributed by atoms with Gasteiger partial charge in [0.1, 0.15) is 24.2 Å². The van der Waals surface area contributed by atoms with Gasteiger partial charge in [-0.15, -0.1) is 0 Å². The van der Waals surface area contributed by atoms with Crippen LogP contribution in [0.15, 0.2) is 55.2 Å². The third kappa shape index (κ3) is 3.37. The Labute approximate surface area is 181 Å². The van der Waals surface area contributed by atoms with Crippen LogP contribution in [0.3, 0.4) is 0 Å². The molecule has 0 fully saturated rings. The van der Waals surface area contributed by atoms with Crippen molar-refractivity contribution in [3.05, 3.63) is 66.6 Å². The second-order valence-corrected chi connectivity index (χ2v) is 6.99. The molecule has 0 saturated carbocycles. The number of aromatic hydroxyl groups is 1. The van der Waals surface area contributed by atoms with Gasteiger partial charge in [-0.05, 0) is 42.8 Å². The number of phenols is 1. The monoisotopic (exact) mass is 432 g/mol. The van der Waals surface area contributed by atoms with Crippen LogP contribution in [0, 0.1) is 12.7 Å². The second-order valence-electron chi connectivity index (χ2n) is 6.99. The molecule has 10 heteroatoms. The van der Waals surface area contributed by atoms with Crippen molar-refractivity contribution < 1.29 is 19.0 Å². The summed E-state index contributed by atoms with van der Waals surface area (Å²) in [6.45, 7) is 1.84. The largest absolute Gasteiger partial charge is 0.504 e. The van der Waals surface area contributed by atoms with E-state index in [1.807, 2.05) is 13.0 Å². The zero-order valence-corrected chi connectivity index (χ0v) is 17.1. The lowest BCUT2D eigenvalue weighted by atomic mass is 10.1. The van der Waals surface area contributed by atoms with Gasteiger partial charge in [-0.2, -0.15) is 5.10 Å². The number of aryl methyl sites for hydroxylation is 1. The number of hydrogen-bond acceptors (Lipinski definition) is 8. The zero-order valence-electron chi connectivity index (χ0n) is 17.1. The highest BCUT2D eigenvalue weighted by Crippen LogP contribution is 2.38. The Morgan fingerprint density at radius 2 is 1.84 bits per heavy atom. The van der Waals surface area contributed by atoms with E-state index in [-0.39, 0.29) is 11.5 Å². The summed E-state index contributed by atoms with van der Waals surface area (Å²) in [4.78, 5) is 12.5. The van der Waals surface area contributed by atoms with Crippen LogP contribution in [0.5, 0.6) is 23.0 Å². The molecule has 5 aromatic rings. The van der Waals surface area contributed by atoms with Gasteiger partial charge >= 0.3 is 0 Å². The molecule has 0 spiro atoms. The van der Waals surface area contributed by atoms with Crippen LogP contribution in [0.1, 0.15) is 5.56 Å². The van der Waals surface area contributed by atoms with Crippen molar-refractivity contribution >= 4 is 28.1 Å². The molecule has 0 unspecified atom stereocenters. The quantitative estimate of drug-likeness (QED) is 0.422. The summed E-state index contributed by atoms with van der Waals surface area (Å²) in [5, 5.41) is 18.1. The first kappa shape index (κ1) is 19.5. The highest BCUT2D eigenvalue weighted by Gasteiger charge is 2.15. The number of methoxy groups -OCH3 is 1. The van der Waals surface area contributed by atoms with E-state index >= 15 is 0 Å². The Morgan fingerprint density at radius 3 is 2.66 bits per heavy atom. The Kier molecular flexibility index (Phi) is 4.66. The number of ether oxygens (including phenoxy) is 2. The van der Waals surface area contributed by atoms with Crippen molar-refractivity contribution in [2.75, 3.05) is 12.4 Å². The summed E-state index contributed by atoms with van der Waals surface area (Å²) in [5.74, 6) is 0.666. The third-order valence-corrected chi connectivity index (χ3v) is 4.95. The first-order valence-electron chi connectivity index (χ1n) is 9.58. The SMILES string of the molecule is COc1ccc2ncnc(Nc3ccc(Oc4cc5ncnn5cc4F)c(C)c3)c2c1O. The summed E-state index contributed by atoms with van der Waals surface area (Å²) >= 11 is 0. The lowest BCUT2D eigenvalue weighted by Gasteiger charge is -2.14. The van der Waals surface area contributed by atoms with Crippen LogP contribution in [0.4, 0.5) is 15.9 Å². The van der Waals surface area contributed by atoms with Gasteiger partial charge in [-0.25, -0.2) is 23.9 Å². The zero-order chi connectivity index (χ0) is 22.2. The molecule has 0 aliphatic rings. The van der Waals surface area contributed by atoms with E-state index in [0.717, 1.165) is 5.56 Å². The van der Waals surface area contributed by atoms with Crippen molar-refractivity contribution in [3.63, 3.8) is 0 Å². The number of hydrogen-bond donors (Lipinski definition) is 2. The lowest BCUT2D eigenvalue weighted by molar-refractivity contribution is 0.376. The predicted octanol–water partition coefficient (Wildman–Crippen LogP) is 4.37. The molecule has 0 saturated heterocycles. The number of phenolic OH excluding ortho intramolecular Hbond substituents is 1. The Morgan fingerprint density at radius 1 is 1.00 bits per heavy atom. The molecule has 32 heavy (non-hydrogen) atoms. The number of halogens is 1. The molecule has 0 aliphatic heterocycles. The normalized spacial score (nSPS) is 11.1. The topological polar surface area (TPSA) is 107 Å². The van der Waals surface area contributed by atoms with Crippen molar-refractivity contribution in [1.29, 1.82) is 0 Å². The Hall–Kier alpha value is -4.47. The molecule has 160 valence electrons. The fourth-order valence-corrected chi connectivity index (χ4v) is 3.37. The van der Waals surface area contributed by atoms with Gasteiger partial charge < -0.3 is 19.9 Å². The predicted molar refractivity (Wildman–Crippen MR) is 115 cm³/mol. The second kappa shape index (κ2) is 7.65. The minimum absolute atomic E-state index is 0.0492. The number of benzene rings is 2. The van der Waals surface area contributed by atoms with E-state index in [4.69, 9.17) is 9.47 Å². The van der Waals surface area contributed by atoms with Crippen LogP contribution in [0.25, 0.3) is 16.6 Å². The van der Waals surface area contributed by atoms with Crippen LogP contribution < -0.4 is 14.8 Å². The molecule has 0 atom stereocenters. The van der Waals surface area contributed by atoms with Crippen LogP contribution in [-0.2, 0) is 0 Å². The Balaban J connectivity index is 1.45. The molecule has 2 N–H and O–H groups in total. The molecule has 3 heterocycles. The molecule has 5 rings (SSSR count). The van der Waals surface area contributed by atoms with E-state index < -0.39 is 5.82 Å². The van der Waals surface area contributed by atoms with Crippen LogP contribution in [0.2, 0.25) is 0 Å². The van der Waals surface area contributed by atoms with Crippen LogP contribution >= 0.6 is 0 Å². The minimum Gasteiger partial charge on any atom is -0.504 e. The summed E-state index contributed by atoms with van der Waals surface area (Å²) in [5.41, 5.74) is 2.50. The number of nitrogens with one attached hydrogen (secondary N) is 1. The first-order valence-corrected chi connectivity index (χ1v) is 9.58. The highest BCUT2D eigenvalue weighted by atomic mass is 19.1. The molecule has 0 amide bonds. The maximum Gasteiger partial charge on any atom is 0.184 e. The Bertz CT molecular complexity index is 1470. The number of pyridine rings is 1.